The van der Waals surface area contributed by atoms with Crippen molar-refractivity contribution >= 4 is 0 Å². The first-order valence-corrected chi connectivity index (χ1v) is 6.28. The smallest absolute Gasteiger partial charge is 0.126 e. The number of hydrogen-bond acceptors (Lipinski definition) is 3. The molecule has 0 unspecified atom stereocenters. The first-order chi connectivity index (χ1) is 8.66. The van der Waals surface area contributed by atoms with Gasteiger partial charge in [-0.1, -0.05) is 12.1 Å². The molecule has 18 heavy (non-hydrogen) atoms. The second-order valence-corrected chi connectivity index (χ2v) is 4.79. The van der Waals surface area contributed by atoms with Gasteiger partial charge in [0.2, 0.25) is 0 Å². The molecule has 1 aromatic carbocycles. The van der Waals surface area contributed by atoms with Crippen molar-refractivity contribution in [3.8, 4) is 0 Å². The van der Waals surface area contributed by atoms with Gasteiger partial charge in [0.05, 0.1) is 25.9 Å². The Labute approximate surface area is 107 Å². The van der Waals surface area contributed by atoms with E-state index in [1.54, 1.807) is 6.07 Å². The lowest BCUT2D eigenvalue weighted by Crippen LogP contribution is -2.38. The second-order valence-electron chi connectivity index (χ2n) is 4.79. The monoisotopic (exact) mass is 253 g/mol. The Kier molecular flexibility index (Phi) is 4.69. The highest BCUT2D eigenvalue weighted by molar-refractivity contribution is 5.27. The number of halogens is 1. The summed E-state index contributed by atoms with van der Waals surface area (Å²) in [7, 11) is 2.02. The van der Waals surface area contributed by atoms with E-state index in [2.05, 4.69) is 4.90 Å². The zero-order valence-corrected chi connectivity index (χ0v) is 11.0. The quantitative estimate of drug-likeness (QED) is 0.819. The predicted octanol–water partition coefficient (Wildman–Crippen LogP) is 1.98. The highest BCUT2D eigenvalue weighted by Crippen LogP contribution is 2.14. The molecule has 3 nitrogen and oxygen atoms in total. The predicted molar refractivity (Wildman–Crippen MR) is 68.0 cm³/mol. The summed E-state index contributed by atoms with van der Waals surface area (Å²) in [6, 6.07) is 5.22. The van der Waals surface area contributed by atoms with Crippen LogP contribution in [0, 0.1) is 12.7 Å². The third-order valence-corrected chi connectivity index (χ3v) is 3.22. The lowest BCUT2D eigenvalue weighted by molar-refractivity contribution is -0.0963. The molecule has 0 spiro atoms. The van der Waals surface area contributed by atoms with Crippen molar-refractivity contribution < 1.29 is 13.9 Å². The zero-order chi connectivity index (χ0) is 13.0. The van der Waals surface area contributed by atoms with Crippen molar-refractivity contribution in [2.24, 2.45) is 0 Å². The highest BCUT2D eigenvalue weighted by Gasteiger charge is 2.17. The molecule has 0 N–H and O–H groups in total. The highest BCUT2D eigenvalue weighted by atomic mass is 19.1. The molecule has 1 fully saturated rings. The van der Waals surface area contributed by atoms with Crippen molar-refractivity contribution in [2.75, 3.05) is 33.4 Å². The molecular formula is C14H20FNO2. The van der Waals surface area contributed by atoms with Crippen molar-refractivity contribution in [3.63, 3.8) is 0 Å². The molecule has 1 saturated heterocycles. The molecule has 1 aromatic rings. The zero-order valence-electron chi connectivity index (χ0n) is 11.0. The maximum Gasteiger partial charge on any atom is 0.126 e. The Morgan fingerprint density at radius 2 is 2.22 bits per heavy atom. The lowest BCUT2D eigenvalue weighted by atomic mass is 10.1. The summed E-state index contributed by atoms with van der Waals surface area (Å²) in [5, 5.41) is 0. The van der Waals surface area contributed by atoms with Gasteiger partial charge in [-0.2, -0.15) is 0 Å². The van der Waals surface area contributed by atoms with E-state index in [0.717, 1.165) is 24.2 Å². The third kappa shape index (κ3) is 3.51. The van der Waals surface area contributed by atoms with Crippen LogP contribution >= 0.6 is 0 Å². The number of rotatable bonds is 4. The SMILES string of the molecule is Cc1c(F)cccc1CN(C)C[C@@H]1COCCO1. The first-order valence-electron chi connectivity index (χ1n) is 6.28. The number of nitrogens with zero attached hydrogens (tertiary/aromatic N) is 1. The largest absolute Gasteiger partial charge is 0.376 e. The summed E-state index contributed by atoms with van der Waals surface area (Å²) in [6.07, 6.45) is 0.123. The Bertz CT molecular complexity index is 391. The van der Waals surface area contributed by atoms with Gasteiger partial charge in [-0.25, -0.2) is 4.39 Å². The van der Waals surface area contributed by atoms with Gasteiger partial charge in [-0.05, 0) is 31.2 Å². The molecule has 0 amide bonds. The van der Waals surface area contributed by atoms with Crippen LogP contribution in [0.1, 0.15) is 11.1 Å². The average molecular weight is 253 g/mol. The Balaban J connectivity index is 1.90. The summed E-state index contributed by atoms with van der Waals surface area (Å²) in [5.41, 5.74) is 1.75. The standard InChI is InChI=1S/C14H20FNO2/c1-11-12(4-3-5-14(11)15)8-16(2)9-13-10-17-6-7-18-13/h3-5,13H,6-10H2,1-2H3/t13-/m1/s1. The van der Waals surface area contributed by atoms with Crippen LogP contribution in [-0.2, 0) is 16.0 Å². The van der Waals surface area contributed by atoms with Crippen molar-refractivity contribution in [1.29, 1.82) is 0 Å². The minimum atomic E-state index is -0.141. The molecule has 1 atom stereocenters. The first kappa shape index (κ1) is 13.5. The summed E-state index contributed by atoms with van der Waals surface area (Å²) in [5.74, 6) is -0.141. The molecule has 2 rings (SSSR count). The van der Waals surface area contributed by atoms with E-state index in [4.69, 9.17) is 9.47 Å². The molecule has 1 aliphatic rings. The van der Waals surface area contributed by atoms with Gasteiger partial charge in [-0.15, -0.1) is 0 Å². The molecule has 1 heterocycles. The minimum absolute atomic E-state index is 0.123. The van der Waals surface area contributed by atoms with Crippen LogP contribution in [0.3, 0.4) is 0 Å². The molecular weight excluding hydrogens is 233 g/mol. The Morgan fingerprint density at radius 1 is 1.39 bits per heavy atom. The van der Waals surface area contributed by atoms with Gasteiger partial charge >= 0.3 is 0 Å². The number of benzene rings is 1. The summed E-state index contributed by atoms with van der Waals surface area (Å²) in [4.78, 5) is 2.14. The van der Waals surface area contributed by atoms with E-state index in [1.807, 2.05) is 20.0 Å². The minimum Gasteiger partial charge on any atom is -0.376 e. The lowest BCUT2D eigenvalue weighted by Gasteiger charge is -2.27. The molecule has 0 bridgehead atoms. The fourth-order valence-corrected chi connectivity index (χ4v) is 2.17. The van der Waals surface area contributed by atoms with E-state index in [1.165, 1.54) is 6.07 Å². The number of ether oxygens (including phenoxy) is 2. The van der Waals surface area contributed by atoms with Crippen LogP contribution in [0.2, 0.25) is 0 Å². The molecule has 0 saturated carbocycles. The van der Waals surface area contributed by atoms with Crippen LogP contribution in [0.15, 0.2) is 18.2 Å². The van der Waals surface area contributed by atoms with Crippen LogP contribution in [-0.4, -0.2) is 44.4 Å². The van der Waals surface area contributed by atoms with Crippen LogP contribution < -0.4 is 0 Å². The van der Waals surface area contributed by atoms with E-state index in [-0.39, 0.29) is 11.9 Å². The molecule has 4 heteroatoms. The van der Waals surface area contributed by atoms with E-state index < -0.39 is 0 Å². The van der Waals surface area contributed by atoms with Crippen LogP contribution in [0.5, 0.6) is 0 Å². The fraction of sp³-hybridized carbons (Fsp3) is 0.571. The van der Waals surface area contributed by atoms with E-state index in [9.17, 15) is 4.39 Å². The van der Waals surface area contributed by atoms with Crippen LogP contribution in [0.4, 0.5) is 4.39 Å². The van der Waals surface area contributed by atoms with E-state index in [0.29, 0.717) is 19.8 Å². The normalized spacial score (nSPS) is 20.3. The van der Waals surface area contributed by atoms with Gasteiger partial charge in [0.25, 0.3) is 0 Å². The molecule has 0 aliphatic carbocycles. The maximum atomic E-state index is 13.4. The van der Waals surface area contributed by atoms with Gasteiger partial charge in [0.15, 0.2) is 0 Å². The van der Waals surface area contributed by atoms with Crippen molar-refractivity contribution in [1.82, 2.24) is 4.90 Å². The third-order valence-electron chi connectivity index (χ3n) is 3.22. The molecule has 1 aliphatic heterocycles. The van der Waals surface area contributed by atoms with Crippen molar-refractivity contribution in [2.45, 2.75) is 19.6 Å². The molecule has 100 valence electrons. The second kappa shape index (κ2) is 6.27. The van der Waals surface area contributed by atoms with Gasteiger partial charge in [0.1, 0.15) is 5.82 Å². The molecule has 0 aromatic heterocycles. The van der Waals surface area contributed by atoms with E-state index >= 15 is 0 Å². The molecule has 0 radical (unpaired) electrons. The summed E-state index contributed by atoms with van der Waals surface area (Å²) < 4.78 is 24.4. The number of likely N-dealkylation sites (N-methyl/N-ethyl adjacent to an activating group) is 1. The van der Waals surface area contributed by atoms with Crippen LogP contribution in [0.25, 0.3) is 0 Å². The topological polar surface area (TPSA) is 21.7 Å². The van der Waals surface area contributed by atoms with Gasteiger partial charge in [0, 0.05) is 13.1 Å². The average Bonchev–Trinajstić information content (AvgIpc) is 2.36. The Morgan fingerprint density at radius 3 is 2.94 bits per heavy atom. The summed E-state index contributed by atoms with van der Waals surface area (Å²) >= 11 is 0. The fourth-order valence-electron chi connectivity index (χ4n) is 2.17. The van der Waals surface area contributed by atoms with Gasteiger partial charge < -0.3 is 9.47 Å². The Hall–Kier alpha value is -0.970. The number of hydrogen-bond donors (Lipinski definition) is 0. The van der Waals surface area contributed by atoms with Gasteiger partial charge in [-0.3, -0.25) is 4.90 Å². The summed E-state index contributed by atoms with van der Waals surface area (Å²) in [6.45, 7) is 5.34. The maximum absolute atomic E-state index is 13.4. The van der Waals surface area contributed by atoms with Crippen molar-refractivity contribution in [3.05, 3.63) is 35.1 Å².